The number of rotatable bonds is 5. The van der Waals surface area contributed by atoms with Crippen LogP contribution in [-0.4, -0.2) is 39.6 Å². The van der Waals surface area contributed by atoms with Gasteiger partial charge in [0.05, 0.1) is 11.2 Å². The van der Waals surface area contributed by atoms with E-state index in [0.717, 1.165) is 11.3 Å². The number of piperazine rings is 1. The molecule has 0 saturated carbocycles. The summed E-state index contributed by atoms with van der Waals surface area (Å²) >= 11 is 6.14. The lowest BCUT2D eigenvalue weighted by Crippen LogP contribution is -2.46. The second kappa shape index (κ2) is 8.61. The standard InChI is InChI=1S/C24H22ClN3O4S/c1-17-7-9-20(10-8-17)33(29,30)23-24(32-22(26-23)21-6-3-15-31-21)28-13-11-27(12-14-28)19-5-2-4-18(25)16-19/h2-10,15-16H,11-14H2,1H3. The van der Waals surface area contributed by atoms with E-state index in [-0.39, 0.29) is 21.7 Å². The topological polar surface area (TPSA) is 79.8 Å². The second-order valence-electron chi connectivity index (χ2n) is 7.88. The molecule has 2 aromatic carbocycles. The minimum atomic E-state index is -3.90. The van der Waals surface area contributed by atoms with Crippen LogP contribution in [0.5, 0.6) is 0 Å². The van der Waals surface area contributed by atoms with Gasteiger partial charge in [-0.2, -0.15) is 4.98 Å². The number of hydrogen-bond donors (Lipinski definition) is 0. The molecule has 1 fully saturated rings. The van der Waals surface area contributed by atoms with Crippen molar-refractivity contribution >= 4 is 33.0 Å². The van der Waals surface area contributed by atoms with Gasteiger partial charge in [-0.15, -0.1) is 0 Å². The fourth-order valence-corrected chi connectivity index (χ4v) is 5.35. The fraction of sp³-hybridized carbons (Fsp3) is 0.208. The van der Waals surface area contributed by atoms with Gasteiger partial charge < -0.3 is 18.6 Å². The molecule has 5 rings (SSSR count). The molecule has 0 unspecified atom stereocenters. The van der Waals surface area contributed by atoms with E-state index in [1.54, 1.807) is 36.4 Å². The molecule has 0 N–H and O–H groups in total. The van der Waals surface area contributed by atoms with Crippen LogP contribution < -0.4 is 9.80 Å². The Morgan fingerprint density at radius 3 is 2.33 bits per heavy atom. The molecular weight excluding hydrogens is 462 g/mol. The summed E-state index contributed by atoms with van der Waals surface area (Å²) in [5, 5.41) is 0.577. The van der Waals surface area contributed by atoms with Crippen molar-refractivity contribution in [2.45, 2.75) is 16.8 Å². The van der Waals surface area contributed by atoms with Crippen molar-refractivity contribution < 1.29 is 17.3 Å². The molecule has 0 spiro atoms. The van der Waals surface area contributed by atoms with Crippen molar-refractivity contribution in [2.24, 2.45) is 0 Å². The van der Waals surface area contributed by atoms with E-state index in [4.69, 9.17) is 20.4 Å². The first-order valence-electron chi connectivity index (χ1n) is 10.5. The first-order chi connectivity index (χ1) is 15.9. The molecule has 1 saturated heterocycles. The number of aryl methyl sites for hydroxylation is 1. The van der Waals surface area contributed by atoms with Gasteiger partial charge in [0.25, 0.3) is 5.89 Å². The van der Waals surface area contributed by atoms with E-state index in [0.29, 0.717) is 37.0 Å². The zero-order valence-corrected chi connectivity index (χ0v) is 19.5. The number of nitrogens with zero attached hydrogens (tertiary/aromatic N) is 3. The Bertz CT molecular complexity index is 1360. The van der Waals surface area contributed by atoms with Crippen LogP contribution >= 0.6 is 11.6 Å². The highest BCUT2D eigenvalue weighted by Gasteiger charge is 2.33. The van der Waals surface area contributed by atoms with Gasteiger partial charge in [-0.05, 0) is 49.4 Å². The molecule has 0 radical (unpaired) electrons. The summed E-state index contributed by atoms with van der Waals surface area (Å²) in [4.78, 5) is 8.67. The van der Waals surface area contributed by atoms with Crippen LogP contribution in [0.25, 0.3) is 11.7 Å². The molecule has 4 aromatic rings. The number of aromatic nitrogens is 1. The fourth-order valence-electron chi connectivity index (χ4n) is 3.85. The summed E-state index contributed by atoms with van der Waals surface area (Å²) < 4.78 is 38.4. The van der Waals surface area contributed by atoms with E-state index in [1.807, 2.05) is 36.1 Å². The Balaban J connectivity index is 1.49. The minimum Gasteiger partial charge on any atom is -0.459 e. The zero-order valence-electron chi connectivity index (χ0n) is 17.9. The molecule has 1 aliphatic rings. The van der Waals surface area contributed by atoms with Crippen LogP contribution in [-0.2, 0) is 9.84 Å². The number of oxazole rings is 1. The number of furan rings is 1. The van der Waals surface area contributed by atoms with E-state index < -0.39 is 9.84 Å². The van der Waals surface area contributed by atoms with Crippen molar-refractivity contribution in [3.63, 3.8) is 0 Å². The van der Waals surface area contributed by atoms with Gasteiger partial charge in [-0.25, -0.2) is 8.42 Å². The van der Waals surface area contributed by atoms with E-state index in [9.17, 15) is 8.42 Å². The van der Waals surface area contributed by atoms with Crippen LogP contribution in [0.1, 0.15) is 5.56 Å². The third kappa shape index (κ3) is 4.24. The Labute approximate surface area is 197 Å². The van der Waals surface area contributed by atoms with E-state index in [2.05, 4.69) is 9.88 Å². The summed E-state index contributed by atoms with van der Waals surface area (Å²) in [5.41, 5.74) is 2.01. The number of anilines is 2. The third-order valence-electron chi connectivity index (χ3n) is 5.64. The predicted molar refractivity (Wildman–Crippen MR) is 127 cm³/mol. The van der Waals surface area contributed by atoms with E-state index >= 15 is 0 Å². The lowest BCUT2D eigenvalue weighted by Gasteiger charge is -2.36. The summed E-state index contributed by atoms with van der Waals surface area (Å²) in [6.07, 6.45) is 1.50. The largest absolute Gasteiger partial charge is 0.459 e. The van der Waals surface area contributed by atoms with Crippen LogP contribution in [0.2, 0.25) is 5.02 Å². The van der Waals surface area contributed by atoms with Crippen molar-refractivity contribution in [3.05, 3.63) is 77.5 Å². The Kier molecular flexibility index (Phi) is 5.64. The smallest absolute Gasteiger partial charge is 0.266 e. The highest BCUT2D eigenvalue weighted by Crippen LogP contribution is 2.35. The molecule has 0 atom stereocenters. The molecule has 9 heteroatoms. The van der Waals surface area contributed by atoms with E-state index in [1.165, 1.54) is 6.26 Å². The average molecular weight is 484 g/mol. The average Bonchev–Trinajstić information content (AvgIpc) is 3.50. The van der Waals surface area contributed by atoms with Gasteiger partial charge in [0.2, 0.25) is 20.7 Å². The van der Waals surface area contributed by atoms with Crippen LogP contribution in [0, 0.1) is 6.92 Å². The molecule has 7 nitrogen and oxygen atoms in total. The van der Waals surface area contributed by atoms with Crippen molar-refractivity contribution in [2.75, 3.05) is 36.0 Å². The maximum Gasteiger partial charge on any atom is 0.266 e. The van der Waals surface area contributed by atoms with Crippen molar-refractivity contribution in [1.29, 1.82) is 0 Å². The monoisotopic (exact) mass is 483 g/mol. The molecule has 0 amide bonds. The van der Waals surface area contributed by atoms with Crippen molar-refractivity contribution in [3.8, 4) is 11.7 Å². The Morgan fingerprint density at radius 1 is 0.939 bits per heavy atom. The number of hydrogen-bond acceptors (Lipinski definition) is 7. The maximum absolute atomic E-state index is 13.5. The molecule has 0 bridgehead atoms. The van der Waals surface area contributed by atoms with Gasteiger partial charge in [-0.1, -0.05) is 35.4 Å². The number of sulfone groups is 1. The van der Waals surface area contributed by atoms with Gasteiger partial charge in [0.15, 0.2) is 5.76 Å². The first-order valence-corrected chi connectivity index (χ1v) is 12.4. The highest BCUT2D eigenvalue weighted by atomic mass is 35.5. The summed E-state index contributed by atoms with van der Waals surface area (Å²) in [6, 6.07) is 17.8. The van der Waals surface area contributed by atoms with Crippen molar-refractivity contribution in [1.82, 2.24) is 4.98 Å². The third-order valence-corrected chi connectivity index (χ3v) is 7.54. The minimum absolute atomic E-state index is 0.103. The molecule has 0 aliphatic carbocycles. The zero-order chi connectivity index (χ0) is 23.0. The predicted octanol–water partition coefficient (Wildman–Crippen LogP) is 5.06. The quantitative estimate of drug-likeness (QED) is 0.392. The first kappa shape index (κ1) is 21.6. The molecule has 1 aliphatic heterocycles. The molecule has 3 heterocycles. The number of benzene rings is 2. The molecular formula is C24H22ClN3O4S. The molecule has 170 valence electrons. The highest BCUT2D eigenvalue weighted by molar-refractivity contribution is 7.91. The second-order valence-corrected chi connectivity index (χ2v) is 10.2. The Hall–Kier alpha value is -3.23. The Morgan fingerprint density at radius 2 is 1.67 bits per heavy atom. The maximum atomic E-state index is 13.5. The summed E-state index contributed by atoms with van der Waals surface area (Å²) in [7, 11) is -3.90. The van der Waals surface area contributed by atoms with Gasteiger partial charge in [0, 0.05) is 36.9 Å². The van der Waals surface area contributed by atoms with Gasteiger partial charge in [0.1, 0.15) is 0 Å². The van der Waals surface area contributed by atoms with Crippen LogP contribution in [0.4, 0.5) is 11.6 Å². The summed E-state index contributed by atoms with van der Waals surface area (Å²) in [6.45, 7) is 4.40. The van der Waals surface area contributed by atoms with Gasteiger partial charge in [-0.3, -0.25) is 0 Å². The van der Waals surface area contributed by atoms with Crippen LogP contribution in [0.3, 0.4) is 0 Å². The normalized spacial score (nSPS) is 14.6. The molecule has 2 aromatic heterocycles. The number of halogens is 1. The summed E-state index contributed by atoms with van der Waals surface area (Å²) in [5.74, 6) is 0.741. The SMILES string of the molecule is Cc1ccc(S(=O)(=O)c2nc(-c3ccco3)oc2N2CCN(c3cccc(Cl)c3)CC2)cc1. The van der Waals surface area contributed by atoms with Gasteiger partial charge >= 0.3 is 0 Å². The van der Waals surface area contributed by atoms with Crippen LogP contribution in [0.15, 0.2) is 85.7 Å². The lowest BCUT2D eigenvalue weighted by molar-refractivity contribution is 0.498. The lowest BCUT2D eigenvalue weighted by atomic mass is 10.2. The molecule has 33 heavy (non-hydrogen) atoms.